The Hall–Kier alpha value is -1.81. The van der Waals surface area contributed by atoms with E-state index in [2.05, 4.69) is 73.2 Å². The summed E-state index contributed by atoms with van der Waals surface area (Å²) in [4.78, 5) is 12.3. The molecule has 0 aliphatic heterocycles. The van der Waals surface area contributed by atoms with E-state index < -0.39 is 0 Å². The number of ether oxygens (including phenoxy) is 1. The number of amides is 1. The molecule has 134 valence electrons. The molecule has 25 heavy (non-hydrogen) atoms. The van der Waals surface area contributed by atoms with Gasteiger partial charge < -0.3 is 10.1 Å². The Labute approximate surface area is 158 Å². The molecule has 1 amide bonds. The molecule has 2 rings (SSSR count). The first-order valence-corrected chi connectivity index (χ1v) is 9.48. The van der Waals surface area contributed by atoms with Crippen molar-refractivity contribution in [2.45, 2.75) is 46.1 Å². The van der Waals surface area contributed by atoms with Crippen molar-refractivity contribution < 1.29 is 9.53 Å². The summed E-state index contributed by atoms with van der Waals surface area (Å²) in [7, 11) is 0. The van der Waals surface area contributed by atoms with Crippen LogP contribution in [0.4, 0.5) is 0 Å². The predicted molar refractivity (Wildman–Crippen MR) is 106 cm³/mol. The summed E-state index contributed by atoms with van der Waals surface area (Å²) < 4.78 is 6.55. The first-order chi connectivity index (χ1) is 11.9. The van der Waals surface area contributed by atoms with E-state index in [1.807, 2.05) is 18.2 Å². The number of halogens is 1. The van der Waals surface area contributed by atoms with Crippen LogP contribution in [0.25, 0.3) is 0 Å². The fourth-order valence-corrected chi connectivity index (χ4v) is 3.10. The van der Waals surface area contributed by atoms with Crippen molar-refractivity contribution in [1.29, 1.82) is 0 Å². The topological polar surface area (TPSA) is 38.3 Å². The molecule has 0 radical (unpaired) electrons. The summed E-state index contributed by atoms with van der Waals surface area (Å²) in [5, 5.41) is 3.04. The molecule has 4 heteroatoms. The summed E-state index contributed by atoms with van der Waals surface area (Å²) in [6, 6.07) is 14.2. The minimum atomic E-state index is -0.118. The van der Waals surface area contributed by atoms with Crippen LogP contribution in [0.1, 0.15) is 55.8 Å². The van der Waals surface area contributed by atoms with Crippen LogP contribution < -0.4 is 10.1 Å². The van der Waals surface area contributed by atoms with E-state index in [-0.39, 0.29) is 18.6 Å². The number of hydrogen-bond acceptors (Lipinski definition) is 2. The van der Waals surface area contributed by atoms with Crippen molar-refractivity contribution in [1.82, 2.24) is 5.32 Å². The fourth-order valence-electron chi connectivity index (χ4n) is 2.59. The van der Waals surface area contributed by atoms with Crippen molar-refractivity contribution in [3.63, 3.8) is 0 Å². The number of carbonyl (C=O) groups excluding carboxylic acids is 1. The van der Waals surface area contributed by atoms with Gasteiger partial charge in [-0.1, -0.05) is 56.7 Å². The van der Waals surface area contributed by atoms with Gasteiger partial charge in [-0.15, -0.1) is 0 Å². The van der Waals surface area contributed by atoms with Crippen molar-refractivity contribution in [2.24, 2.45) is 0 Å². The van der Waals surface area contributed by atoms with Gasteiger partial charge >= 0.3 is 0 Å². The molecule has 0 aromatic heterocycles. The van der Waals surface area contributed by atoms with Crippen LogP contribution in [-0.4, -0.2) is 12.5 Å². The molecule has 2 aromatic carbocycles. The molecule has 2 aromatic rings. The Balaban J connectivity index is 1.94. The molecule has 1 N–H and O–H groups in total. The van der Waals surface area contributed by atoms with Gasteiger partial charge in [0.15, 0.2) is 6.61 Å². The van der Waals surface area contributed by atoms with Crippen molar-refractivity contribution in [2.75, 3.05) is 6.61 Å². The number of rotatable bonds is 7. The monoisotopic (exact) mass is 403 g/mol. The zero-order chi connectivity index (χ0) is 18.4. The average Bonchev–Trinajstić information content (AvgIpc) is 2.59. The summed E-state index contributed by atoms with van der Waals surface area (Å²) >= 11 is 3.52. The number of benzene rings is 2. The highest BCUT2D eigenvalue weighted by molar-refractivity contribution is 9.10. The Bertz CT molecular complexity index is 710. The minimum Gasteiger partial charge on any atom is -0.483 e. The molecule has 0 fully saturated rings. The summed E-state index contributed by atoms with van der Waals surface area (Å²) in [6.07, 6.45) is 0.835. The SMILES string of the molecule is CC[C@H](NC(=O)COc1ccc(C(C)C)cc1Br)c1ccc(C)cc1. The van der Waals surface area contributed by atoms with E-state index in [0.29, 0.717) is 11.7 Å². The highest BCUT2D eigenvalue weighted by Gasteiger charge is 2.14. The third-order valence-corrected chi connectivity index (χ3v) is 4.82. The van der Waals surface area contributed by atoms with Crippen molar-refractivity contribution in [3.8, 4) is 5.75 Å². The number of nitrogens with one attached hydrogen (secondary N) is 1. The van der Waals surface area contributed by atoms with Crippen LogP contribution in [0.5, 0.6) is 5.75 Å². The van der Waals surface area contributed by atoms with Gasteiger partial charge in [-0.05, 0) is 58.5 Å². The van der Waals surface area contributed by atoms with Crippen LogP contribution in [0.15, 0.2) is 46.9 Å². The van der Waals surface area contributed by atoms with Gasteiger partial charge in [-0.3, -0.25) is 4.79 Å². The van der Waals surface area contributed by atoms with Gasteiger partial charge in [-0.2, -0.15) is 0 Å². The molecule has 0 aliphatic rings. The van der Waals surface area contributed by atoms with Gasteiger partial charge in [0.25, 0.3) is 5.91 Å². The lowest BCUT2D eigenvalue weighted by Gasteiger charge is -2.18. The van der Waals surface area contributed by atoms with E-state index in [1.165, 1.54) is 11.1 Å². The molecule has 0 aliphatic carbocycles. The molecule has 0 saturated carbocycles. The molecular weight excluding hydrogens is 378 g/mol. The third-order valence-electron chi connectivity index (χ3n) is 4.20. The first-order valence-electron chi connectivity index (χ1n) is 8.68. The summed E-state index contributed by atoms with van der Waals surface area (Å²) in [6.45, 7) is 8.41. The van der Waals surface area contributed by atoms with E-state index in [0.717, 1.165) is 16.5 Å². The molecule has 0 bridgehead atoms. The number of hydrogen-bond donors (Lipinski definition) is 1. The zero-order valence-corrected chi connectivity index (χ0v) is 16.9. The largest absolute Gasteiger partial charge is 0.483 e. The smallest absolute Gasteiger partial charge is 0.258 e. The summed E-state index contributed by atoms with van der Waals surface area (Å²) in [5.41, 5.74) is 3.56. The molecule has 1 atom stereocenters. The highest BCUT2D eigenvalue weighted by Crippen LogP contribution is 2.29. The van der Waals surface area contributed by atoms with Crippen LogP contribution in [0.2, 0.25) is 0 Å². The lowest BCUT2D eigenvalue weighted by atomic mass is 10.0. The van der Waals surface area contributed by atoms with Gasteiger partial charge in [0.05, 0.1) is 10.5 Å². The van der Waals surface area contributed by atoms with E-state index in [9.17, 15) is 4.79 Å². The predicted octanol–water partition coefficient (Wildman–Crippen LogP) is 5.53. The maximum absolute atomic E-state index is 12.3. The van der Waals surface area contributed by atoms with Crippen molar-refractivity contribution >= 4 is 21.8 Å². The first kappa shape index (κ1) is 19.5. The lowest BCUT2D eigenvalue weighted by Crippen LogP contribution is -2.32. The number of carbonyl (C=O) groups is 1. The zero-order valence-electron chi connectivity index (χ0n) is 15.3. The fraction of sp³-hybridized carbons (Fsp3) is 0.381. The minimum absolute atomic E-state index is 0.00197. The Morgan fingerprint density at radius 1 is 1.12 bits per heavy atom. The van der Waals surface area contributed by atoms with Crippen LogP contribution in [0.3, 0.4) is 0 Å². The average molecular weight is 404 g/mol. The van der Waals surface area contributed by atoms with E-state index in [1.54, 1.807) is 0 Å². The second-order valence-corrected chi connectivity index (χ2v) is 7.43. The van der Waals surface area contributed by atoms with Gasteiger partial charge in [0, 0.05) is 0 Å². The molecule has 0 spiro atoms. The van der Waals surface area contributed by atoms with Crippen molar-refractivity contribution in [3.05, 3.63) is 63.6 Å². The second-order valence-electron chi connectivity index (χ2n) is 6.57. The molecular formula is C21H26BrNO2. The standard InChI is InChI=1S/C21H26BrNO2/c1-5-19(16-8-6-15(4)7-9-16)23-21(24)13-25-20-11-10-17(14(2)3)12-18(20)22/h6-12,14,19H,5,13H2,1-4H3,(H,23,24)/t19-/m0/s1. The maximum Gasteiger partial charge on any atom is 0.258 e. The normalized spacial score (nSPS) is 12.1. The van der Waals surface area contributed by atoms with Gasteiger partial charge in [0.2, 0.25) is 0 Å². The Kier molecular flexibility index (Phi) is 7.06. The third kappa shape index (κ3) is 5.60. The lowest BCUT2D eigenvalue weighted by molar-refractivity contribution is -0.123. The van der Waals surface area contributed by atoms with Crippen LogP contribution in [0, 0.1) is 6.92 Å². The Morgan fingerprint density at radius 2 is 1.76 bits per heavy atom. The van der Waals surface area contributed by atoms with E-state index in [4.69, 9.17) is 4.74 Å². The van der Waals surface area contributed by atoms with Gasteiger partial charge in [0.1, 0.15) is 5.75 Å². The molecule has 0 heterocycles. The van der Waals surface area contributed by atoms with Crippen LogP contribution in [-0.2, 0) is 4.79 Å². The highest BCUT2D eigenvalue weighted by atomic mass is 79.9. The second kappa shape index (κ2) is 9.04. The molecule has 0 unspecified atom stereocenters. The maximum atomic E-state index is 12.3. The van der Waals surface area contributed by atoms with E-state index >= 15 is 0 Å². The Morgan fingerprint density at radius 3 is 2.32 bits per heavy atom. The molecule has 0 saturated heterocycles. The number of aryl methyl sites for hydroxylation is 1. The van der Waals surface area contributed by atoms with Gasteiger partial charge in [-0.25, -0.2) is 0 Å². The van der Waals surface area contributed by atoms with Crippen LogP contribution >= 0.6 is 15.9 Å². The quantitative estimate of drug-likeness (QED) is 0.659. The summed E-state index contributed by atoms with van der Waals surface area (Å²) in [5.74, 6) is 1.02. The molecule has 3 nitrogen and oxygen atoms in total.